The molecule has 4 heteroatoms. The van der Waals surface area contributed by atoms with E-state index in [0.717, 1.165) is 25.3 Å². The largest absolute Gasteiger partial charge is 0.364 e. The molecular formula is C14H22FN3. The second kappa shape index (κ2) is 5.67. The number of anilines is 1. The van der Waals surface area contributed by atoms with E-state index in [1.54, 1.807) is 6.07 Å². The van der Waals surface area contributed by atoms with Crippen molar-refractivity contribution in [2.24, 2.45) is 0 Å². The van der Waals surface area contributed by atoms with Crippen molar-refractivity contribution in [3.8, 4) is 0 Å². The van der Waals surface area contributed by atoms with Crippen LogP contribution in [0, 0.1) is 5.82 Å². The zero-order chi connectivity index (χ0) is 13.1. The minimum absolute atomic E-state index is 0.128. The van der Waals surface area contributed by atoms with Gasteiger partial charge in [-0.1, -0.05) is 12.1 Å². The Bertz CT molecular complexity index is 396. The molecule has 0 spiro atoms. The van der Waals surface area contributed by atoms with Gasteiger partial charge in [0.25, 0.3) is 0 Å². The normalized spacial score (nSPS) is 25.4. The fraction of sp³-hybridized carbons (Fsp3) is 0.571. The highest BCUT2D eigenvalue weighted by atomic mass is 19.1. The summed E-state index contributed by atoms with van der Waals surface area (Å²) in [6, 6.07) is 7.80. The molecule has 2 atom stereocenters. The number of likely N-dealkylation sites (N-methyl/N-ethyl adjacent to an activating group) is 2. The SMILES string of the molecule is CNCC1CN(c2ccccc2F)C(C)CN1C. The van der Waals surface area contributed by atoms with Crippen LogP contribution in [-0.4, -0.2) is 50.7 Å². The van der Waals surface area contributed by atoms with Crippen LogP contribution in [0.5, 0.6) is 0 Å². The first kappa shape index (κ1) is 13.3. The van der Waals surface area contributed by atoms with Gasteiger partial charge in [-0.25, -0.2) is 4.39 Å². The molecule has 0 saturated carbocycles. The molecule has 100 valence electrons. The first-order valence-corrected chi connectivity index (χ1v) is 6.49. The van der Waals surface area contributed by atoms with E-state index in [9.17, 15) is 4.39 Å². The van der Waals surface area contributed by atoms with Crippen LogP contribution in [0.2, 0.25) is 0 Å². The average Bonchev–Trinajstić information content (AvgIpc) is 2.34. The Balaban J connectivity index is 2.19. The van der Waals surface area contributed by atoms with E-state index >= 15 is 0 Å². The van der Waals surface area contributed by atoms with E-state index in [2.05, 4.69) is 29.1 Å². The third kappa shape index (κ3) is 2.65. The van der Waals surface area contributed by atoms with Crippen LogP contribution in [0.25, 0.3) is 0 Å². The molecule has 2 rings (SSSR count). The van der Waals surface area contributed by atoms with E-state index in [1.165, 1.54) is 6.07 Å². The van der Waals surface area contributed by atoms with Crippen molar-refractivity contribution in [1.82, 2.24) is 10.2 Å². The first-order chi connectivity index (χ1) is 8.63. The smallest absolute Gasteiger partial charge is 0.146 e. The maximum atomic E-state index is 13.9. The molecule has 0 radical (unpaired) electrons. The first-order valence-electron chi connectivity index (χ1n) is 6.49. The molecule has 1 N–H and O–H groups in total. The molecule has 1 aliphatic heterocycles. The molecule has 0 aromatic heterocycles. The Morgan fingerprint density at radius 3 is 2.72 bits per heavy atom. The Labute approximate surface area is 109 Å². The van der Waals surface area contributed by atoms with Gasteiger partial charge in [-0.3, -0.25) is 4.90 Å². The summed E-state index contributed by atoms with van der Waals surface area (Å²) in [5.74, 6) is -0.128. The number of para-hydroxylation sites is 1. The van der Waals surface area contributed by atoms with E-state index < -0.39 is 0 Å². The highest BCUT2D eigenvalue weighted by molar-refractivity contribution is 5.49. The molecule has 1 heterocycles. The predicted molar refractivity (Wildman–Crippen MR) is 73.6 cm³/mol. The second-order valence-electron chi connectivity index (χ2n) is 5.10. The minimum atomic E-state index is -0.128. The zero-order valence-electron chi connectivity index (χ0n) is 11.4. The third-order valence-corrected chi connectivity index (χ3v) is 3.72. The van der Waals surface area contributed by atoms with Gasteiger partial charge in [-0.05, 0) is 33.2 Å². The van der Waals surface area contributed by atoms with Gasteiger partial charge in [0, 0.05) is 31.7 Å². The lowest BCUT2D eigenvalue weighted by atomic mass is 10.1. The van der Waals surface area contributed by atoms with Crippen LogP contribution >= 0.6 is 0 Å². The Morgan fingerprint density at radius 2 is 2.06 bits per heavy atom. The highest BCUT2D eigenvalue weighted by Gasteiger charge is 2.30. The van der Waals surface area contributed by atoms with E-state index in [-0.39, 0.29) is 5.82 Å². The van der Waals surface area contributed by atoms with Gasteiger partial charge in [-0.15, -0.1) is 0 Å². The summed E-state index contributed by atoms with van der Waals surface area (Å²) in [6.07, 6.45) is 0. The monoisotopic (exact) mass is 251 g/mol. The summed E-state index contributed by atoms with van der Waals surface area (Å²) in [4.78, 5) is 4.52. The lowest BCUT2D eigenvalue weighted by Crippen LogP contribution is -2.58. The molecule has 1 fully saturated rings. The molecule has 0 amide bonds. The van der Waals surface area contributed by atoms with E-state index in [0.29, 0.717) is 12.1 Å². The van der Waals surface area contributed by atoms with Crippen LogP contribution < -0.4 is 10.2 Å². The molecule has 2 unspecified atom stereocenters. The van der Waals surface area contributed by atoms with E-state index in [1.807, 2.05) is 19.2 Å². The maximum absolute atomic E-state index is 13.9. The van der Waals surface area contributed by atoms with E-state index in [4.69, 9.17) is 0 Å². The van der Waals surface area contributed by atoms with Crippen molar-refractivity contribution >= 4 is 5.69 Å². The highest BCUT2D eigenvalue weighted by Crippen LogP contribution is 2.25. The second-order valence-corrected chi connectivity index (χ2v) is 5.10. The van der Waals surface area contributed by atoms with Crippen LogP contribution in [0.4, 0.5) is 10.1 Å². The summed E-state index contributed by atoms with van der Waals surface area (Å²) < 4.78 is 13.9. The minimum Gasteiger partial charge on any atom is -0.364 e. The summed E-state index contributed by atoms with van der Waals surface area (Å²) in [5.41, 5.74) is 0.721. The number of benzene rings is 1. The van der Waals surface area contributed by atoms with Gasteiger partial charge in [-0.2, -0.15) is 0 Å². The Morgan fingerprint density at radius 1 is 1.33 bits per heavy atom. The van der Waals surface area contributed by atoms with Crippen molar-refractivity contribution in [1.29, 1.82) is 0 Å². The molecule has 1 aliphatic rings. The van der Waals surface area contributed by atoms with Crippen molar-refractivity contribution in [2.45, 2.75) is 19.0 Å². The zero-order valence-corrected chi connectivity index (χ0v) is 11.4. The quantitative estimate of drug-likeness (QED) is 0.879. The lowest BCUT2D eigenvalue weighted by molar-refractivity contribution is 0.190. The fourth-order valence-corrected chi connectivity index (χ4v) is 2.69. The molecule has 0 aliphatic carbocycles. The van der Waals surface area contributed by atoms with Crippen LogP contribution in [0.15, 0.2) is 24.3 Å². The maximum Gasteiger partial charge on any atom is 0.146 e. The number of nitrogens with zero attached hydrogens (tertiary/aromatic N) is 2. The van der Waals surface area contributed by atoms with Crippen molar-refractivity contribution < 1.29 is 4.39 Å². The molecule has 1 saturated heterocycles. The van der Waals surface area contributed by atoms with Gasteiger partial charge < -0.3 is 10.2 Å². The number of rotatable bonds is 3. The van der Waals surface area contributed by atoms with Crippen molar-refractivity contribution in [2.75, 3.05) is 38.6 Å². The topological polar surface area (TPSA) is 18.5 Å². The average molecular weight is 251 g/mol. The van der Waals surface area contributed by atoms with Crippen molar-refractivity contribution in [3.63, 3.8) is 0 Å². The van der Waals surface area contributed by atoms with Gasteiger partial charge >= 0.3 is 0 Å². The predicted octanol–water partition coefficient (Wildman–Crippen LogP) is 1.55. The lowest BCUT2D eigenvalue weighted by Gasteiger charge is -2.45. The molecular weight excluding hydrogens is 229 g/mol. The van der Waals surface area contributed by atoms with Gasteiger partial charge in [0.2, 0.25) is 0 Å². The fourth-order valence-electron chi connectivity index (χ4n) is 2.69. The molecule has 3 nitrogen and oxygen atoms in total. The standard InChI is InChI=1S/C14H22FN3/c1-11-9-17(3)12(8-16-2)10-18(11)14-7-5-4-6-13(14)15/h4-7,11-12,16H,8-10H2,1-3H3. The molecule has 1 aromatic rings. The summed E-state index contributed by atoms with van der Waals surface area (Å²) in [5, 5.41) is 3.21. The van der Waals surface area contributed by atoms with Crippen LogP contribution in [0.3, 0.4) is 0 Å². The number of hydrogen-bond donors (Lipinski definition) is 1. The number of hydrogen-bond acceptors (Lipinski definition) is 3. The van der Waals surface area contributed by atoms with Crippen molar-refractivity contribution in [3.05, 3.63) is 30.1 Å². The Kier molecular flexibility index (Phi) is 4.19. The van der Waals surface area contributed by atoms with Crippen LogP contribution in [0.1, 0.15) is 6.92 Å². The summed E-state index contributed by atoms with van der Waals surface area (Å²) in [6.45, 7) is 4.90. The number of piperazine rings is 1. The number of halogens is 1. The third-order valence-electron chi connectivity index (χ3n) is 3.72. The molecule has 0 bridgehead atoms. The Hall–Kier alpha value is -1.13. The van der Waals surface area contributed by atoms with Gasteiger partial charge in [0.15, 0.2) is 0 Å². The summed E-state index contributed by atoms with van der Waals surface area (Å²) in [7, 11) is 4.09. The van der Waals surface area contributed by atoms with Gasteiger partial charge in [0.1, 0.15) is 5.82 Å². The summed E-state index contributed by atoms with van der Waals surface area (Å²) >= 11 is 0. The van der Waals surface area contributed by atoms with Gasteiger partial charge in [0.05, 0.1) is 5.69 Å². The van der Waals surface area contributed by atoms with Crippen LogP contribution in [-0.2, 0) is 0 Å². The molecule has 18 heavy (non-hydrogen) atoms. The number of nitrogens with one attached hydrogen (secondary N) is 1. The molecule has 1 aromatic carbocycles.